The molecule has 112 valence electrons. The van der Waals surface area contributed by atoms with E-state index in [9.17, 15) is 4.79 Å². The van der Waals surface area contributed by atoms with Gasteiger partial charge in [-0.05, 0) is 17.6 Å². The summed E-state index contributed by atoms with van der Waals surface area (Å²) in [7, 11) is 1.40. The van der Waals surface area contributed by atoms with Crippen LogP contribution in [0.2, 0.25) is 0 Å². The van der Waals surface area contributed by atoms with Crippen molar-refractivity contribution >= 4 is 17.7 Å². The van der Waals surface area contributed by atoms with E-state index >= 15 is 0 Å². The number of thioether (sulfide) groups is 1. The standard InChI is InChI=1S/C16H30O2S/c1-3-4-5-6-7-8-9-10-11-12-14-19-15-13-16(17)18-2/h13,15H,3-12,14H2,1-2H3/b15-13+. The van der Waals surface area contributed by atoms with Crippen LogP contribution in [-0.2, 0) is 9.53 Å². The molecule has 0 spiro atoms. The second kappa shape index (κ2) is 15.6. The van der Waals surface area contributed by atoms with Crippen molar-refractivity contribution < 1.29 is 9.53 Å². The fourth-order valence-electron chi connectivity index (χ4n) is 1.91. The highest BCUT2D eigenvalue weighted by molar-refractivity contribution is 8.02. The van der Waals surface area contributed by atoms with Crippen molar-refractivity contribution in [2.45, 2.75) is 71.1 Å². The third-order valence-electron chi connectivity index (χ3n) is 3.12. The molecule has 0 aromatic carbocycles. The first kappa shape index (κ1) is 18.6. The van der Waals surface area contributed by atoms with Gasteiger partial charge in [0.1, 0.15) is 0 Å². The average Bonchev–Trinajstić information content (AvgIpc) is 2.43. The van der Waals surface area contributed by atoms with E-state index in [2.05, 4.69) is 11.7 Å². The van der Waals surface area contributed by atoms with Crippen LogP contribution in [0.3, 0.4) is 0 Å². The highest BCUT2D eigenvalue weighted by Gasteiger charge is 1.93. The quantitative estimate of drug-likeness (QED) is 0.260. The molecular formula is C16H30O2S. The fraction of sp³-hybridized carbons (Fsp3) is 0.812. The van der Waals surface area contributed by atoms with Crippen LogP contribution in [0, 0.1) is 0 Å². The first-order valence-corrected chi connectivity index (χ1v) is 8.72. The number of methoxy groups -OCH3 is 1. The molecule has 2 nitrogen and oxygen atoms in total. The maximum atomic E-state index is 10.8. The molecule has 0 aliphatic rings. The second-order valence-electron chi connectivity index (χ2n) is 4.88. The van der Waals surface area contributed by atoms with Crippen molar-refractivity contribution in [3.05, 3.63) is 11.5 Å². The number of hydrogen-bond acceptors (Lipinski definition) is 3. The van der Waals surface area contributed by atoms with Crippen LogP contribution in [-0.4, -0.2) is 18.8 Å². The molecule has 0 heterocycles. The zero-order chi connectivity index (χ0) is 14.2. The Balaban J connectivity index is 3.07. The number of unbranched alkanes of at least 4 members (excludes halogenated alkanes) is 9. The van der Waals surface area contributed by atoms with Gasteiger partial charge in [-0.2, -0.15) is 0 Å². The van der Waals surface area contributed by atoms with Crippen LogP contribution < -0.4 is 0 Å². The number of rotatable bonds is 13. The van der Waals surface area contributed by atoms with E-state index < -0.39 is 0 Å². The highest BCUT2D eigenvalue weighted by Crippen LogP contribution is 2.12. The monoisotopic (exact) mass is 286 g/mol. The van der Waals surface area contributed by atoms with E-state index in [1.54, 1.807) is 11.8 Å². The molecule has 0 amide bonds. The Hall–Kier alpha value is -0.440. The zero-order valence-corrected chi connectivity index (χ0v) is 13.5. The Bertz CT molecular complexity index is 227. The molecule has 0 saturated heterocycles. The summed E-state index contributed by atoms with van der Waals surface area (Å²) in [5, 5.41) is 1.83. The Kier molecular flexibility index (Phi) is 15.3. The summed E-state index contributed by atoms with van der Waals surface area (Å²) in [6.45, 7) is 2.26. The van der Waals surface area contributed by atoms with Crippen LogP contribution in [0.5, 0.6) is 0 Å². The van der Waals surface area contributed by atoms with Crippen molar-refractivity contribution in [2.75, 3.05) is 12.9 Å². The number of esters is 1. The maximum Gasteiger partial charge on any atom is 0.330 e. The minimum atomic E-state index is -0.268. The molecule has 0 N–H and O–H groups in total. The van der Waals surface area contributed by atoms with Crippen molar-refractivity contribution in [1.29, 1.82) is 0 Å². The van der Waals surface area contributed by atoms with Gasteiger partial charge in [-0.1, -0.05) is 64.7 Å². The van der Waals surface area contributed by atoms with Gasteiger partial charge < -0.3 is 4.74 Å². The fourth-order valence-corrected chi connectivity index (χ4v) is 2.63. The minimum absolute atomic E-state index is 0.268. The Labute approximate surface area is 123 Å². The zero-order valence-electron chi connectivity index (χ0n) is 12.7. The summed E-state index contributed by atoms with van der Waals surface area (Å²) in [6.07, 6.45) is 15.2. The van der Waals surface area contributed by atoms with Crippen molar-refractivity contribution in [3.63, 3.8) is 0 Å². The first-order valence-electron chi connectivity index (χ1n) is 7.67. The lowest BCUT2D eigenvalue weighted by Crippen LogP contribution is -1.92. The van der Waals surface area contributed by atoms with Gasteiger partial charge in [-0.25, -0.2) is 4.79 Å². The summed E-state index contributed by atoms with van der Waals surface area (Å²) in [4.78, 5) is 10.8. The van der Waals surface area contributed by atoms with E-state index in [-0.39, 0.29) is 5.97 Å². The number of ether oxygens (including phenoxy) is 1. The van der Waals surface area contributed by atoms with Gasteiger partial charge in [-0.15, -0.1) is 11.8 Å². The number of carbonyl (C=O) groups is 1. The molecule has 0 aliphatic heterocycles. The minimum Gasteiger partial charge on any atom is -0.466 e. The van der Waals surface area contributed by atoms with Crippen LogP contribution in [0.4, 0.5) is 0 Å². The number of carbonyl (C=O) groups excluding carboxylic acids is 1. The molecule has 3 heteroatoms. The predicted octanol–water partition coefficient (Wildman–Crippen LogP) is 5.33. The van der Waals surface area contributed by atoms with Gasteiger partial charge in [0, 0.05) is 6.08 Å². The molecule has 0 aromatic heterocycles. The van der Waals surface area contributed by atoms with Crippen molar-refractivity contribution in [2.24, 2.45) is 0 Å². The van der Waals surface area contributed by atoms with Crippen LogP contribution in [0.15, 0.2) is 11.5 Å². The lowest BCUT2D eigenvalue weighted by atomic mass is 10.1. The van der Waals surface area contributed by atoms with Gasteiger partial charge in [0.05, 0.1) is 7.11 Å². The molecule has 0 unspecified atom stereocenters. The lowest BCUT2D eigenvalue weighted by Gasteiger charge is -2.01. The van der Waals surface area contributed by atoms with E-state index in [1.165, 1.54) is 77.4 Å². The molecule has 0 saturated carbocycles. The smallest absolute Gasteiger partial charge is 0.330 e. The molecule has 0 aliphatic carbocycles. The maximum absolute atomic E-state index is 10.8. The topological polar surface area (TPSA) is 26.3 Å². The van der Waals surface area contributed by atoms with E-state index in [0.717, 1.165) is 5.75 Å². The molecular weight excluding hydrogens is 256 g/mol. The molecule has 0 fully saturated rings. The molecule has 0 bridgehead atoms. The van der Waals surface area contributed by atoms with Gasteiger partial charge in [0.25, 0.3) is 0 Å². The van der Waals surface area contributed by atoms with Gasteiger partial charge in [0.15, 0.2) is 0 Å². The van der Waals surface area contributed by atoms with Crippen LogP contribution >= 0.6 is 11.8 Å². The highest BCUT2D eigenvalue weighted by atomic mass is 32.2. The summed E-state index contributed by atoms with van der Waals surface area (Å²) in [5.41, 5.74) is 0. The molecule has 0 rings (SSSR count). The molecule has 0 atom stereocenters. The van der Waals surface area contributed by atoms with E-state index in [4.69, 9.17) is 0 Å². The Morgan fingerprint density at radius 3 is 2.00 bits per heavy atom. The Morgan fingerprint density at radius 1 is 0.947 bits per heavy atom. The summed E-state index contributed by atoms with van der Waals surface area (Å²) >= 11 is 1.69. The van der Waals surface area contributed by atoms with Gasteiger partial charge >= 0.3 is 5.97 Å². The largest absolute Gasteiger partial charge is 0.466 e. The molecule has 0 aromatic rings. The SMILES string of the molecule is CCCCCCCCCCCCS/C=C/C(=O)OC. The predicted molar refractivity (Wildman–Crippen MR) is 85.5 cm³/mol. The normalized spacial score (nSPS) is 11.1. The number of hydrogen-bond donors (Lipinski definition) is 0. The van der Waals surface area contributed by atoms with Gasteiger partial charge in [-0.3, -0.25) is 0 Å². The summed E-state index contributed by atoms with van der Waals surface area (Å²) < 4.78 is 4.52. The van der Waals surface area contributed by atoms with Crippen LogP contribution in [0.1, 0.15) is 71.1 Å². The lowest BCUT2D eigenvalue weighted by molar-refractivity contribution is -0.134. The summed E-state index contributed by atoms with van der Waals surface area (Å²) in [5.74, 6) is 0.833. The van der Waals surface area contributed by atoms with Crippen molar-refractivity contribution in [3.8, 4) is 0 Å². The third kappa shape index (κ3) is 15.5. The first-order chi connectivity index (χ1) is 9.31. The van der Waals surface area contributed by atoms with E-state index in [1.807, 2.05) is 5.41 Å². The average molecular weight is 286 g/mol. The molecule has 0 radical (unpaired) electrons. The van der Waals surface area contributed by atoms with E-state index in [0.29, 0.717) is 0 Å². The summed E-state index contributed by atoms with van der Waals surface area (Å²) in [6, 6.07) is 0. The second-order valence-corrected chi connectivity index (χ2v) is 5.89. The Morgan fingerprint density at radius 2 is 1.47 bits per heavy atom. The molecule has 19 heavy (non-hydrogen) atoms. The van der Waals surface area contributed by atoms with Crippen LogP contribution in [0.25, 0.3) is 0 Å². The van der Waals surface area contributed by atoms with Crippen molar-refractivity contribution in [1.82, 2.24) is 0 Å². The van der Waals surface area contributed by atoms with Gasteiger partial charge in [0.2, 0.25) is 0 Å². The third-order valence-corrected chi connectivity index (χ3v) is 3.97.